The largest absolute Gasteiger partial charge is 0.493 e. The van der Waals surface area contributed by atoms with Crippen LogP contribution in [0.25, 0.3) is 12.2 Å². The van der Waals surface area contributed by atoms with Gasteiger partial charge >= 0.3 is 5.97 Å². The number of hydrogen-bond donors (Lipinski definition) is 0. The van der Waals surface area contributed by atoms with Crippen molar-refractivity contribution in [3.05, 3.63) is 35.5 Å². The Hall–Kier alpha value is -1.96. The first kappa shape index (κ1) is 19.4. The van der Waals surface area contributed by atoms with Gasteiger partial charge in [-0.2, -0.15) is 0 Å². The zero-order valence-electron chi connectivity index (χ0n) is 13.2. The number of ether oxygens (including phenoxy) is 3. The number of carbonyl (C=O) groups is 1. The summed E-state index contributed by atoms with van der Waals surface area (Å²) in [6.07, 6.45) is 3.25. The summed E-state index contributed by atoms with van der Waals surface area (Å²) in [6.45, 7) is -0.218. The molecule has 134 valence electrons. The normalized spacial score (nSPS) is 11.6. The van der Waals surface area contributed by atoms with Crippen molar-refractivity contribution in [2.45, 2.75) is 3.79 Å². The van der Waals surface area contributed by atoms with Crippen LogP contribution in [0.1, 0.15) is 17.3 Å². The fraction of sp³-hybridized carbons (Fsp3) is 0.267. The van der Waals surface area contributed by atoms with Crippen LogP contribution >= 0.6 is 34.8 Å². The van der Waals surface area contributed by atoms with Gasteiger partial charge in [0.1, 0.15) is 0 Å². The molecule has 0 saturated heterocycles. The zero-order valence-corrected chi connectivity index (χ0v) is 15.4. The molecule has 0 aliphatic carbocycles. The average molecular weight is 408 g/mol. The number of carbonyl (C=O) groups excluding carboxylic acids is 1. The fourth-order valence-corrected chi connectivity index (χ4v) is 1.92. The van der Waals surface area contributed by atoms with Crippen molar-refractivity contribution in [3.8, 4) is 11.5 Å². The minimum atomic E-state index is -1.78. The van der Waals surface area contributed by atoms with E-state index in [1.165, 1.54) is 14.2 Å². The maximum atomic E-state index is 11.1. The Morgan fingerprint density at radius 3 is 2.56 bits per heavy atom. The number of esters is 1. The van der Waals surface area contributed by atoms with Crippen molar-refractivity contribution < 1.29 is 23.4 Å². The van der Waals surface area contributed by atoms with Crippen molar-refractivity contribution >= 4 is 52.9 Å². The van der Waals surface area contributed by atoms with Crippen LogP contribution in [0.4, 0.5) is 0 Å². The summed E-state index contributed by atoms with van der Waals surface area (Å²) >= 11 is 17.0. The van der Waals surface area contributed by atoms with Gasteiger partial charge in [-0.1, -0.05) is 40.9 Å². The summed E-state index contributed by atoms with van der Waals surface area (Å²) in [4.78, 5) is 11.1. The summed E-state index contributed by atoms with van der Waals surface area (Å²) in [5, 5.41) is 7.40. The molecule has 2 aromatic rings. The van der Waals surface area contributed by atoms with Gasteiger partial charge in [-0.05, 0) is 23.8 Å². The average Bonchev–Trinajstić information content (AvgIpc) is 3.07. The van der Waals surface area contributed by atoms with E-state index in [0.29, 0.717) is 11.5 Å². The molecular weight excluding hydrogens is 395 g/mol. The quantitative estimate of drug-likeness (QED) is 0.534. The highest BCUT2D eigenvalue weighted by Crippen LogP contribution is 2.37. The highest BCUT2D eigenvalue weighted by Gasteiger charge is 2.29. The number of benzene rings is 1. The standard InChI is InChI=1S/C15H13Cl3N2O5/c1-22-11-7-9(3-5-10(11)24-8-13(21)23-2)4-6-12-19-20-14(25-12)15(16,17)18/h3-7H,8H2,1-2H3/b6-4+. The molecule has 0 radical (unpaired) electrons. The van der Waals surface area contributed by atoms with Gasteiger partial charge < -0.3 is 18.6 Å². The van der Waals surface area contributed by atoms with Gasteiger partial charge in [0.2, 0.25) is 5.89 Å². The minimum Gasteiger partial charge on any atom is -0.493 e. The van der Waals surface area contributed by atoms with E-state index < -0.39 is 9.76 Å². The van der Waals surface area contributed by atoms with Crippen LogP contribution < -0.4 is 9.47 Å². The first-order chi connectivity index (χ1) is 11.8. The summed E-state index contributed by atoms with van der Waals surface area (Å²) in [5.74, 6) is 0.402. The van der Waals surface area contributed by atoms with Crippen molar-refractivity contribution in [2.24, 2.45) is 0 Å². The maximum absolute atomic E-state index is 11.1. The molecule has 0 saturated carbocycles. The van der Waals surface area contributed by atoms with Crippen molar-refractivity contribution in [1.82, 2.24) is 10.2 Å². The topological polar surface area (TPSA) is 83.7 Å². The molecule has 10 heteroatoms. The number of methoxy groups -OCH3 is 2. The van der Waals surface area contributed by atoms with Gasteiger partial charge in [0, 0.05) is 6.08 Å². The monoisotopic (exact) mass is 406 g/mol. The maximum Gasteiger partial charge on any atom is 0.343 e. The number of alkyl halides is 3. The summed E-state index contributed by atoms with van der Waals surface area (Å²) in [5.41, 5.74) is 0.760. The van der Waals surface area contributed by atoms with Crippen LogP contribution in [0.5, 0.6) is 11.5 Å². The molecule has 7 nitrogen and oxygen atoms in total. The molecule has 0 spiro atoms. The van der Waals surface area contributed by atoms with Gasteiger partial charge in [-0.3, -0.25) is 0 Å². The highest BCUT2D eigenvalue weighted by atomic mass is 35.6. The van der Waals surface area contributed by atoms with Crippen LogP contribution in [0, 0.1) is 0 Å². The molecule has 0 N–H and O–H groups in total. The third-order valence-corrected chi connectivity index (χ3v) is 3.35. The lowest BCUT2D eigenvalue weighted by atomic mass is 10.2. The predicted molar refractivity (Wildman–Crippen MR) is 93.0 cm³/mol. The van der Waals surface area contributed by atoms with E-state index in [9.17, 15) is 4.79 Å². The SMILES string of the molecule is COC(=O)COc1ccc(/C=C/c2nnc(C(Cl)(Cl)Cl)o2)cc1OC. The Kier molecular flexibility index (Phi) is 6.52. The van der Waals surface area contributed by atoms with E-state index in [-0.39, 0.29) is 18.4 Å². The molecule has 2 rings (SSSR count). The molecule has 0 atom stereocenters. The Morgan fingerprint density at radius 1 is 1.20 bits per heavy atom. The molecule has 0 amide bonds. The molecule has 25 heavy (non-hydrogen) atoms. The Balaban J connectivity index is 2.12. The molecule has 0 aliphatic rings. The van der Waals surface area contributed by atoms with E-state index >= 15 is 0 Å². The number of hydrogen-bond acceptors (Lipinski definition) is 7. The summed E-state index contributed by atoms with van der Waals surface area (Å²) in [7, 11) is 2.77. The molecular formula is C15H13Cl3N2O5. The number of halogens is 3. The summed E-state index contributed by atoms with van der Waals surface area (Å²) < 4.78 is 18.5. The van der Waals surface area contributed by atoms with Crippen molar-refractivity contribution in [3.63, 3.8) is 0 Å². The Labute approximate surface area is 158 Å². The van der Waals surface area contributed by atoms with Gasteiger partial charge in [-0.25, -0.2) is 4.79 Å². The third kappa shape index (κ3) is 5.52. The van der Waals surface area contributed by atoms with Gasteiger partial charge in [-0.15, -0.1) is 10.2 Å². The molecule has 0 fully saturated rings. The lowest BCUT2D eigenvalue weighted by molar-refractivity contribution is -0.142. The number of aromatic nitrogens is 2. The van der Waals surface area contributed by atoms with E-state index in [4.69, 9.17) is 48.7 Å². The second kappa shape index (κ2) is 8.42. The Bertz CT molecular complexity index is 771. The lowest BCUT2D eigenvalue weighted by Crippen LogP contribution is -2.12. The summed E-state index contributed by atoms with van der Waals surface area (Å²) in [6, 6.07) is 5.11. The van der Waals surface area contributed by atoms with Crippen molar-refractivity contribution in [2.75, 3.05) is 20.8 Å². The van der Waals surface area contributed by atoms with Crippen LogP contribution in [-0.4, -0.2) is 37.0 Å². The van der Waals surface area contributed by atoms with E-state index in [1.54, 1.807) is 30.4 Å². The van der Waals surface area contributed by atoms with Gasteiger partial charge in [0.15, 0.2) is 18.1 Å². The number of rotatable bonds is 6. The van der Waals surface area contributed by atoms with Crippen molar-refractivity contribution in [1.29, 1.82) is 0 Å². The number of nitrogens with zero attached hydrogens (tertiary/aromatic N) is 2. The predicted octanol–water partition coefficient (Wildman–Crippen LogP) is 3.63. The van der Waals surface area contributed by atoms with E-state index in [0.717, 1.165) is 5.56 Å². The smallest absolute Gasteiger partial charge is 0.343 e. The van der Waals surface area contributed by atoms with Gasteiger partial charge in [0.05, 0.1) is 14.2 Å². The van der Waals surface area contributed by atoms with Crippen LogP contribution in [0.3, 0.4) is 0 Å². The van der Waals surface area contributed by atoms with Crippen LogP contribution in [0.15, 0.2) is 22.6 Å². The molecule has 1 aromatic heterocycles. The molecule has 0 unspecified atom stereocenters. The fourth-order valence-electron chi connectivity index (χ4n) is 1.69. The van der Waals surface area contributed by atoms with Crippen LogP contribution in [-0.2, 0) is 13.3 Å². The minimum absolute atomic E-state index is 0.124. The van der Waals surface area contributed by atoms with Gasteiger partial charge in [0.25, 0.3) is 9.68 Å². The highest BCUT2D eigenvalue weighted by molar-refractivity contribution is 6.66. The Morgan fingerprint density at radius 2 is 1.96 bits per heavy atom. The molecule has 0 aliphatic heterocycles. The third-order valence-electron chi connectivity index (χ3n) is 2.86. The first-order valence-electron chi connectivity index (χ1n) is 6.80. The zero-order chi connectivity index (χ0) is 18.4. The second-order valence-electron chi connectivity index (χ2n) is 4.55. The molecule has 1 heterocycles. The first-order valence-corrected chi connectivity index (χ1v) is 7.93. The second-order valence-corrected chi connectivity index (χ2v) is 6.83. The molecule has 0 bridgehead atoms. The van der Waals surface area contributed by atoms with Crippen LogP contribution in [0.2, 0.25) is 0 Å². The van der Waals surface area contributed by atoms with E-state index in [2.05, 4.69) is 14.9 Å². The lowest BCUT2D eigenvalue weighted by Gasteiger charge is -2.10. The molecule has 1 aromatic carbocycles. The van der Waals surface area contributed by atoms with E-state index in [1.807, 2.05) is 0 Å².